The Labute approximate surface area is 152 Å². The molecule has 0 fully saturated rings. The molecular weight excluding hydrogens is 350 g/mol. The lowest BCUT2D eigenvalue weighted by Crippen LogP contribution is -2.34. The van der Waals surface area contributed by atoms with Gasteiger partial charge in [-0.05, 0) is 30.3 Å². The quantitative estimate of drug-likeness (QED) is 0.362. The van der Waals surface area contributed by atoms with Crippen LogP contribution in [0.25, 0.3) is 32.9 Å². The van der Waals surface area contributed by atoms with Crippen LogP contribution in [0.5, 0.6) is 11.5 Å². The highest BCUT2D eigenvalue weighted by molar-refractivity contribution is 6.13. The smallest absolute Gasteiger partial charge is 0.249 e. The topological polar surface area (TPSA) is 56.2 Å². The number of hydrogen-bond donors (Lipinski definition) is 1. The SMILES string of the molecule is C[n+]1c2c3c(cccc3c3c(F)cc(C(N)=O)cc31)Oc1ccc(F)cc1-2. The highest BCUT2D eigenvalue weighted by atomic mass is 19.1. The summed E-state index contributed by atoms with van der Waals surface area (Å²) in [4.78, 5) is 11.6. The number of primary amides is 1. The van der Waals surface area contributed by atoms with Gasteiger partial charge in [0.25, 0.3) is 0 Å². The van der Waals surface area contributed by atoms with E-state index in [0.29, 0.717) is 44.4 Å². The van der Waals surface area contributed by atoms with Crippen molar-refractivity contribution in [3.63, 3.8) is 0 Å². The lowest BCUT2D eigenvalue weighted by atomic mass is 9.95. The molecule has 132 valence electrons. The van der Waals surface area contributed by atoms with Crippen LogP contribution in [0, 0.1) is 11.6 Å². The molecule has 27 heavy (non-hydrogen) atoms. The second-order valence-corrected chi connectivity index (χ2v) is 6.55. The standard InChI is InChI=1S/C21H12F2N2O2/c1-25-15-8-10(21(24)26)7-14(23)18(15)12-3-2-4-17-19(12)20(25)13-9-11(22)5-6-16(13)27-17/h2-9H,1H3,(H-,24,26)/p+1. The maximum absolute atomic E-state index is 14.9. The highest BCUT2D eigenvalue weighted by Crippen LogP contribution is 2.46. The summed E-state index contributed by atoms with van der Waals surface area (Å²) >= 11 is 0. The van der Waals surface area contributed by atoms with Gasteiger partial charge in [0.05, 0.1) is 16.3 Å². The van der Waals surface area contributed by atoms with Crippen LogP contribution in [-0.2, 0) is 7.05 Å². The number of nitrogens with zero attached hydrogens (tertiary/aromatic N) is 1. The number of halogens is 2. The summed E-state index contributed by atoms with van der Waals surface area (Å²) in [7, 11) is 1.75. The van der Waals surface area contributed by atoms with Crippen molar-refractivity contribution in [2.24, 2.45) is 12.8 Å². The predicted octanol–water partition coefficient (Wildman–Crippen LogP) is 3.97. The number of carbonyl (C=O) groups is 1. The second kappa shape index (κ2) is 5.23. The summed E-state index contributed by atoms with van der Waals surface area (Å²) < 4.78 is 36.6. The van der Waals surface area contributed by atoms with Crippen LogP contribution in [0.1, 0.15) is 10.4 Å². The van der Waals surface area contributed by atoms with Crippen molar-refractivity contribution in [3.8, 4) is 22.8 Å². The summed E-state index contributed by atoms with van der Waals surface area (Å²) in [6.45, 7) is 0. The fourth-order valence-electron chi connectivity index (χ4n) is 3.83. The molecule has 5 rings (SSSR count). The highest BCUT2D eigenvalue weighted by Gasteiger charge is 2.31. The maximum atomic E-state index is 14.9. The van der Waals surface area contributed by atoms with E-state index in [4.69, 9.17) is 10.5 Å². The largest absolute Gasteiger partial charge is 0.456 e. The summed E-state index contributed by atoms with van der Waals surface area (Å²) in [6.07, 6.45) is 0. The Hall–Kier alpha value is -3.54. The molecule has 0 bridgehead atoms. The normalized spacial score (nSPS) is 12.1. The van der Waals surface area contributed by atoms with Gasteiger partial charge in [-0.25, -0.2) is 8.78 Å². The molecule has 1 aromatic heterocycles. The molecule has 2 N–H and O–H groups in total. The Morgan fingerprint density at radius 1 is 1.04 bits per heavy atom. The van der Waals surface area contributed by atoms with Crippen molar-refractivity contribution in [2.75, 3.05) is 0 Å². The molecule has 6 heteroatoms. The zero-order chi connectivity index (χ0) is 18.9. The molecule has 4 aromatic rings. The average Bonchev–Trinajstić information content (AvgIpc) is 2.64. The second-order valence-electron chi connectivity index (χ2n) is 6.55. The van der Waals surface area contributed by atoms with Gasteiger partial charge in [0.1, 0.15) is 30.2 Å². The van der Waals surface area contributed by atoms with Crippen LogP contribution in [0.15, 0.2) is 48.5 Å². The van der Waals surface area contributed by atoms with E-state index < -0.39 is 17.5 Å². The number of ether oxygens (including phenoxy) is 1. The van der Waals surface area contributed by atoms with E-state index in [1.54, 1.807) is 41.9 Å². The van der Waals surface area contributed by atoms with Crippen LogP contribution in [0.3, 0.4) is 0 Å². The molecule has 0 saturated heterocycles. The summed E-state index contributed by atoms with van der Waals surface area (Å²) in [5.74, 6) is -0.587. The minimum absolute atomic E-state index is 0.0739. The van der Waals surface area contributed by atoms with Crippen molar-refractivity contribution in [1.82, 2.24) is 0 Å². The molecule has 1 aliphatic heterocycles. The Morgan fingerprint density at radius 3 is 2.63 bits per heavy atom. The molecule has 1 aliphatic rings. The first-order valence-electron chi connectivity index (χ1n) is 8.31. The maximum Gasteiger partial charge on any atom is 0.249 e. The first kappa shape index (κ1) is 15.7. The van der Waals surface area contributed by atoms with Crippen LogP contribution in [0.2, 0.25) is 0 Å². The number of hydrogen-bond acceptors (Lipinski definition) is 2. The third kappa shape index (κ3) is 2.07. The Bertz CT molecular complexity index is 1320. The fourth-order valence-corrected chi connectivity index (χ4v) is 3.83. The Balaban J connectivity index is 2.06. The zero-order valence-electron chi connectivity index (χ0n) is 14.2. The predicted molar refractivity (Wildman–Crippen MR) is 96.6 cm³/mol. The molecule has 0 unspecified atom stereocenters. The van der Waals surface area contributed by atoms with Crippen molar-refractivity contribution < 1.29 is 22.9 Å². The third-order valence-corrected chi connectivity index (χ3v) is 5.00. The molecule has 4 nitrogen and oxygen atoms in total. The summed E-state index contributed by atoms with van der Waals surface area (Å²) in [5, 5.41) is 1.67. The molecular formula is C21H13F2N2O2+. The number of benzene rings is 3. The van der Waals surface area contributed by atoms with Crippen molar-refractivity contribution >= 4 is 27.6 Å². The number of aryl methyl sites for hydroxylation is 1. The van der Waals surface area contributed by atoms with E-state index in [0.717, 1.165) is 6.07 Å². The average molecular weight is 363 g/mol. The number of rotatable bonds is 1. The van der Waals surface area contributed by atoms with Gasteiger partial charge in [-0.1, -0.05) is 12.1 Å². The lowest BCUT2D eigenvalue weighted by molar-refractivity contribution is -0.632. The van der Waals surface area contributed by atoms with Gasteiger partial charge in [-0.2, -0.15) is 4.57 Å². The van der Waals surface area contributed by atoms with E-state index >= 15 is 0 Å². The van der Waals surface area contributed by atoms with Crippen LogP contribution < -0.4 is 15.0 Å². The summed E-state index contributed by atoms with van der Waals surface area (Å²) in [6, 6.07) is 12.3. The molecule has 0 spiro atoms. The van der Waals surface area contributed by atoms with Crippen molar-refractivity contribution in [3.05, 3.63) is 65.7 Å². The van der Waals surface area contributed by atoms with E-state index in [1.807, 2.05) is 0 Å². The minimum atomic E-state index is -0.715. The fraction of sp³-hybridized carbons (Fsp3) is 0.0476. The van der Waals surface area contributed by atoms with E-state index in [1.165, 1.54) is 12.1 Å². The van der Waals surface area contributed by atoms with E-state index in [2.05, 4.69) is 0 Å². The first-order chi connectivity index (χ1) is 13.0. The van der Waals surface area contributed by atoms with Crippen molar-refractivity contribution in [2.45, 2.75) is 0 Å². The summed E-state index contributed by atoms with van der Waals surface area (Å²) in [5.41, 5.74) is 7.17. The third-order valence-electron chi connectivity index (χ3n) is 5.00. The molecule has 0 atom stereocenters. The van der Waals surface area contributed by atoms with Gasteiger partial charge in [0.2, 0.25) is 17.1 Å². The van der Waals surface area contributed by atoms with Gasteiger partial charge >= 0.3 is 0 Å². The number of pyridine rings is 1. The minimum Gasteiger partial charge on any atom is -0.456 e. The zero-order valence-corrected chi connectivity index (χ0v) is 14.2. The monoisotopic (exact) mass is 363 g/mol. The van der Waals surface area contributed by atoms with Gasteiger partial charge in [0, 0.05) is 17.0 Å². The van der Waals surface area contributed by atoms with Gasteiger partial charge in [0.15, 0.2) is 0 Å². The molecule has 0 aliphatic carbocycles. The molecule has 0 radical (unpaired) electrons. The van der Waals surface area contributed by atoms with Crippen LogP contribution in [-0.4, -0.2) is 5.91 Å². The number of fused-ring (bicyclic) bond motifs is 4. The van der Waals surface area contributed by atoms with Crippen LogP contribution in [0.4, 0.5) is 8.78 Å². The van der Waals surface area contributed by atoms with E-state index in [-0.39, 0.29) is 5.56 Å². The number of carbonyl (C=O) groups excluding carboxylic acids is 1. The number of amides is 1. The molecule has 1 amide bonds. The van der Waals surface area contributed by atoms with Crippen molar-refractivity contribution in [1.29, 1.82) is 0 Å². The lowest BCUT2D eigenvalue weighted by Gasteiger charge is -2.20. The Morgan fingerprint density at radius 2 is 1.85 bits per heavy atom. The molecule has 0 saturated carbocycles. The first-order valence-corrected chi connectivity index (χ1v) is 8.31. The van der Waals surface area contributed by atoms with Gasteiger partial charge < -0.3 is 10.5 Å². The van der Waals surface area contributed by atoms with Gasteiger partial charge in [-0.3, -0.25) is 4.79 Å². The van der Waals surface area contributed by atoms with Gasteiger partial charge in [-0.15, -0.1) is 0 Å². The number of nitrogens with two attached hydrogens (primary N) is 1. The Kier molecular flexibility index (Phi) is 3.04. The van der Waals surface area contributed by atoms with Crippen LogP contribution >= 0.6 is 0 Å². The molecule has 2 heterocycles. The molecule has 3 aromatic carbocycles. The van der Waals surface area contributed by atoms with E-state index in [9.17, 15) is 13.6 Å². The number of aromatic nitrogens is 1.